The predicted octanol–water partition coefficient (Wildman–Crippen LogP) is 4.03. The first-order valence-corrected chi connectivity index (χ1v) is 8.74. The van der Waals surface area contributed by atoms with E-state index >= 15 is 0 Å². The Morgan fingerprint density at radius 2 is 1.71 bits per heavy atom. The minimum atomic E-state index is -0.193. The minimum absolute atomic E-state index is 0.0672. The number of hydrogen-bond acceptors (Lipinski definition) is 2. The summed E-state index contributed by atoms with van der Waals surface area (Å²) in [6.07, 6.45) is 3.76. The van der Waals surface area contributed by atoms with Crippen molar-refractivity contribution >= 4 is 11.7 Å². The lowest BCUT2D eigenvalue weighted by Crippen LogP contribution is -2.25. The van der Waals surface area contributed by atoms with Crippen molar-refractivity contribution in [2.75, 3.05) is 6.54 Å². The van der Waals surface area contributed by atoms with Crippen LogP contribution in [0.15, 0.2) is 42.5 Å². The Morgan fingerprint density at radius 1 is 1.00 bits per heavy atom. The van der Waals surface area contributed by atoms with Crippen molar-refractivity contribution in [3.63, 3.8) is 0 Å². The highest BCUT2D eigenvalue weighted by molar-refractivity contribution is 6.15. The van der Waals surface area contributed by atoms with Crippen LogP contribution in [0.3, 0.4) is 0 Å². The van der Waals surface area contributed by atoms with Gasteiger partial charge in [0.05, 0.1) is 5.56 Å². The van der Waals surface area contributed by atoms with Gasteiger partial charge in [0.25, 0.3) is 5.91 Å². The highest BCUT2D eigenvalue weighted by atomic mass is 16.2. The van der Waals surface area contributed by atoms with Gasteiger partial charge < -0.3 is 5.32 Å². The molecule has 122 valence electrons. The zero-order valence-corrected chi connectivity index (χ0v) is 13.8. The van der Waals surface area contributed by atoms with Gasteiger partial charge in [-0.1, -0.05) is 30.3 Å². The minimum Gasteiger partial charge on any atom is -0.352 e. The molecular formula is C21H21NO2. The third-order valence-corrected chi connectivity index (χ3v) is 5.41. The lowest BCUT2D eigenvalue weighted by Gasteiger charge is -2.16. The molecule has 2 unspecified atom stereocenters. The van der Waals surface area contributed by atoms with E-state index in [4.69, 9.17) is 0 Å². The molecule has 24 heavy (non-hydrogen) atoms. The van der Waals surface area contributed by atoms with Gasteiger partial charge in [0, 0.05) is 17.7 Å². The summed E-state index contributed by atoms with van der Waals surface area (Å²) in [6.45, 7) is 2.42. The number of ketones is 1. The predicted molar refractivity (Wildman–Crippen MR) is 93.7 cm³/mol. The lowest BCUT2D eigenvalue weighted by molar-refractivity contribution is 0.0944. The van der Waals surface area contributed by atoms with Crippen LogP contribution in [-0.4, -0.2) is 18.2 Å². The average molecular weight is 319 g/mol. The maximum absolute atomic E-state index is 13.0. The normalized spacial score (nSPS) is 20.7. The third kappa shape index (κ3) is 2.35. The molecule has 2 aromatic rings. The number of benzene rings is 2. The molecule has 3 heteroatoms. The van der Waals surface area contributed by atoms with Crippen LogP contribution in [-0.2, 0) is 0 Å². The Balaban J connectivity index is 1.71. The molecule has 0 heterocycles. The van der Waals surface area contributed by atoms with Gasteiger partial charge in [0.15, 0.2) is 5.78 Å². The molecule has 2 atom stereocenters. The summed E-state index contributed by atoms with van der Waals surface area (Å²) in [7, 11) is 0. The summed E-state index contributed by atoms with van der Waals surface area (Å²) in [4.78, 5) is 25.2. The van der Waals surface area contributed by atoms with Crippen LogP contribution >= 0.6 is 0 Å². The molecular weight excluding hydrogens is 298 g/mol. The van der Waals surface area contributed by atoms with E-state index in [1.807, 2.05) is 19.1 Å². The summed E-state index contributed by atoms with van der Waals surface area (Å²) in [5.41, 5.74) is 4.41. The number of carbonyl (C=O) groups excluding carboxylic acids is 2. The van der Waals surface area contributed by atoms with Crippen LogP contribution in [0.5, 0.6) is 0 Å². The maximum atomic E-state index is 13.0. The molecule has 1 fully saturated rings. The number of amides is 1. The third-order valence-electron chi connectivity index (χ3n) is 5.41. The van der Waals surface area contributed by atoms with Crippen molar-refractivity contribution in [2.45, 2.75) is 38.0 Å². The molecule has 1 saturated carbocycles. The van der Waals surface area contributed by atoms with Gasteiger partial charge in [-0.3, -0.25) is 9.59 Å². The van der Waals surface area contributed by atoms with E-state index in [0.29, 0.717) is 35.1 Å². The molecule has 0 aromatic heterocycles. The first-order chi connectivity index (χ1) is 11.7. The van der Waals surface area contributed by atoms with Gasteiger partial charge in [0.2, 0.25) is 0 Å². The molecule has 1 amide bonds. The monoisotopic (exact) mass is 319 g/mol. The van der Waals surface area contributed by atoms with Crippen molar-refractivity contribution < 1.29 is 9.59 Å². The number of nitrogens with one attached hydrogen (secondary N) is 1. The molecule has 1 N–H and O–H groups in total. The van der Waals surface area contributed by atoms with Gasteiger partial charge in [-0.2, -0.15) is 0 Å². The van der Waals surface area contributed by atoms with Crippen molar-refractivity contribution in [2.24, 2.45) is 0 Å². The second kappa shape index (κ2) is 5.90. The quantitative estimate of drug-likeness (QED) is 0.865. The molecule has 2 bridgehead atoms. The molecule has 2 aliphatic carbocycles. The Labute approximate surface area is 142 Å². The summed E-state index contributed by atoms with van der Waals surface area (Å²) in [5.74, 6) is 1.05. The fourth-order valence-electron chi connectivity index (χ4n) is 4.28. The van der Waals surface area contributed by atoms with Gasteiger partial charge in [0.1, 0.15) is 0 Å². The van der Waals surface area contributed by atoms with Crippen molar-refractivity contribution in [1.82, 2.24) is 5.32 Å². The Hall–Kier alpha value is -2.42. The van der Waals surface area contributed by atoms with Crippen LogP contribution in [0.1, 0.15) is 75.4 Å². The SMILES string of the molecule is CCNC(=O)c1ccccc1C(=O)c1ccc2c(c1)C1CCC2C1. The first kappa shape index (κ1) is 15.1. The number of rotatable bonds is 4. The fraction of sp³-hybridized carbons (Fsp3) is 0.333. The lowest BCUT2D eigenvalue weighted by atomic mass is 9.88. The van der Waals surface area contributed by atoms with E-state index in [1.165, 1.54) is 30.4 Å². The molecule has 0 radical (unpaired) electrons. The molecule has 2 aliphatic rings. The van der Waals surface area contributed by atoms with E-state index in [-0.39, 0.29) is 11.7 Å². The van der Waals surface area contributed by atoms with E-state index in [2.05, 4.69) is 17.4 Å². The largest absolute Gasteiger partial charge is 0.352 e. The second-order valence-corrected chi connectivity index (χ2v) is 6.78. The molecule has 2 aromatic carbocycles. The van der Waals surface area contributed by atoms with Crippen LogP contribution in [0, 0.1) is 0 Å². The molecule has 0 spiro atoms. The highest BCUT2D eigenvalue weighted by Crippen LogP contribution is 2.53. The Bertz CT molecular complexity index is 824. The second-order valence-electron chi connectivity index (χ2n) is 6.78. The molecule has 0 aliphatic heterocycles. The summed E-state index contributed by atoms with van der Waals surface area (Å²) >= 11 is 0. The van der Waals surface area contributed by atoms with Crippen LogP contribution in [0.4, 0.5) is 0 Å². The number of carbonyl (C=O) groups is 2. The summed E-state index contributed by atoms with van der Waals surface area (Å²) < 4.78 is 0. The van der Waals surface area contributed by atoms with Crippen molar-refractivity contribution in [1.29, 1.82) is 0 Å². The van der Waals surface area contributed by atoms with Gasteiger partial charge in [-0.15, -0.1) is 0 Å². The van der Waals surface area contributed by atoms with Crippen LogP contribution in [0.25, 0.3) is 0 Å². The topological polar surface area (TPSA) is 46.2 Å². The molecule has 0 saturated heterocycles. The van der Waals surface area contributed by atoms with Crippen molar-refractivity contribution in [3.8, 4) is 0 Å². The van der Waals surface area contributed by atoms with Gasteiger partial charge in [-0.25, -0.2) is 0 Å². The van der Waals surface area contributed by atoms with E-state index in [9.17, 15) is 9.59 Å². The zero-order chi connectivity index (χ0) is 16.7. The fourth-order valence-corrected chi connectivity index (χ4v) is 4.28. The zero-order valence-electron chi connectivity index (χ0n) is 13.8. The van der Waals surface area contributed by atoms with Crippen LogP contribution < -0.4 is 5.32 Å². The smallest absolute Gasteiger partial charge is 0.252 e. The standard InChI is InChI=1S/C21H21NO2/c1-2-22-21(24)18-6-4-3-5-17(18)20(23)15-9-10-16-13-7-8-14(11-13)19(16)12-15/h3-6,9-10,12-14H,2,7-8,11H2,1H3,(H,22,24). The van der Waals surface area contributed by atoms with E-state index in [0.717, 1.165) is 0 Å². The summed E-state index contributed by atoms with van der Waals surface area (Å²) in [6, 6.07) is 13.2. The van der Waals surface area contributed by atoms with E-state index < -0.39 is 0 Å². The number of fused-ring (bicyclic) bond motifs is 5. The van der Waals surface area contributed by atoms with Gasteiger partial charge >= 0.3 is 0 Å². The molecule has 4 rings (SSSR count). The molecule has 3 nitrogen and oxygen atoms in total. The Kier molecular flexibility index (Phi) is 3.72. The van der Waals surface area contributed by atoms with Gasteiger partial charge in [-0.05, 0) is 61.3 Å². The highest BCUT2D eigenvalue weighted by Gasteiger charge is 2.37. The van der Waals surface area contributed by atoms with E-state index in [1.54, 1.807) is 18.2 Å². The Morgan fingerprint density at radius 3 is 2.46 bits per heavy atom. The van der Waals surface area contributed by atoms with Crippen LogP contribution in [0.2, 0.25) is 0 Å². The summed E-state index contributed by atoms with van der Waals surface area (Å²) in [5, 5.41) is 2.78. The average Bonchev–Trinajstić information content (AvgIpc) is 3.23. The maximum Gasteiger partial charge on any atom is 0.252 e. The first-order valence-electron chi connectivity index (χ1n) is 8.74. The van der Waals surface area contributed by atoms with Crippen molar-refractivity contribution in [3.05, 3.63) is 70.3 Å². The number of hydrogen-bond donors (Lipinski definition) is 1.